The smallest absolute Gasteiger partial charge is 0.256 e. The maximum absolute atomic E-state index is 13.3. The Kier molecular flexibility index (Phi) is 6.69. The second-order valence-electron chi connectivity index (χ2n) is 10.1. The Morgan fingerprint density at radius 2 is 1.76 bits per heavy atom. The van der Waals surface area contributed by atoms with Crippen LogP contribution in [0.15, 0.2) is 34.1 Å². The zero-order chi connectivity index (χ0) is 23.9. The molecule has 2 heterocycles. The second kappa shape index (κ2) is 9.22. The van der Waals surface area contributed by atoms with Crippen molar-refractivity contribution in [2.45, 2.75) is 63.8 Å². The monoisotopic (exact) mass is 473 g/mol. The van der Waals surface area contributed by atoms with Crippen molar-refractivity contribution in [2.75, 3.05) is 13.1 Å². The van der Waals surface area contributed by atoms with Crippen molar-refractivity contribution in [3.05, 3.63) is 40.2 Å². The molecule has 2 fully saturated rings. The normalized spacial score (nSPS) is 25.3. The van der Waals surface area contributed by atoms with Crippen LogP contribution in [-0.4, -0.2) is 42.3 Å². The number of hydrogen-bond acceptors (Lipinski definition) is 4. The lowest BCUT2D eigenvalue weighted by Gasteiger charge is -2.34. The summed E-state index contributed by atoms with van der Waals surface area (Å²) in [4.78, 5) is 26.5. The summed E-state index contributed by atoms with van der Waals surface area (Å²) in [5.41, 5.74) is 0.223. The molecule has 0 bridgehead atoms. The van der Waals surface area contributed by atoms with Gasteiger partial charge in [0.05, 0.1) is 10.4 Å². The van der Waals surface area contributed by atoms with Crippen LogP contribution in [0.2, 0.25) is 0 Å². The van der Waals surface area contributed by atoms with Crippen LogP contribution in [0.4, 0.5) is 0 Å². The lowest BCUT2D eigenvalue weighted by atomic mass is 9.78. The third-order valence-electron chi connectivity index (χ3n) is 7.81. The zero-order valence-electron chi connectivity index (χ0n) is 20.0. The van der Waals surface area contributed by atoms with Crippen LogP contribution in [0.3, 0.4) is 0 Å². The predicted molar refractivity (Wildman–Crippen MR) is 130 cm³/mol. The molecule has 4 rings (SSSR count). The van der Waals surface area contributed by atoms with Crippen LogP contribution in [0.1, 0.15) is 63.2 Å². The molecule has 2 aromatic rings. The van der Waals surface area contributed by atoms with E-state index in [2.05, 4.69) is 26.1 Å². The number of sulfonamides is 1. The third kappa shape index (κ3) is 4.60. The molecule has 1 aliphatic heterocycles. The van der Waals surface area contributed by atoms with Crippen molar-refractivity contribution in [2.24, 2.45) is 24.8 Å². The fourth-order valence-corrected chi connectivity index (χ4v) is 6.70. The van der Waals surface area contributed by atoms with Gasteiger partial charge in [-0.1, -0.05) is 33.6 Å². The summed E-state index contributed by atoms with van der Waals surface area (Å²) in [5.74, 6) is 0.989. The number of aryl methyl sites for hydroxylation is 1. The van der Waals surface area contributed by atoms with Gasteiger partial charge in [-0.25, -0.2) is 8.42 Å². The number of rotatable bonds is 4. The van der Waals surface area contributed by atoms with Crippen LogP contribution >= 0.6 is 0 Å². The molecular formula is C25H35N3O4S. The van der Waals surface area contributed by atoms with E-state index in [9.17, 15) is 18.0 Å². The largest absolute Gasteiger partial charge is 0.350 e. The topological polar surface area (TPSA) is 88.5 Å². The molecule has 0 spiro atoms. The Balaban J connectivity index is 1.68. The van der Waals surface area contributed by atoms with Crippen LogP contribution in [0, 0.1) is 17.8 Å². The first-order valence-corrected chi connectivity index (χ1v) is 13.5. The first kappa shape index (κ1) is 24.0. The van der Waals surface area contributed by atoms with Gasteiger partial charge in [-0.3, -0.25) is 9.59 Å². The quantitative estimate of drug-likeness (QED) is 0.736. The summed E-state index contributed by atoms with van der Waals surface area (Å²) in [5, 5.41) is 3.32. The number of amides is 1. The van der Waals surface area contributed by atoms with Gasteiger partial charge in [0.2, 0.25) is 15.5 Å². The van der Waals surface area contributed by atoms with E-state index in [1.807, 2.05) is 0 Å². The molecule has 33 heavy (non-hydrogen) atoms. The molecule has 1 amide bonds. The highest BCUT2D eigenvalue weighted by atomic mass is 32.2. The van der Waals surface area contributed by atoms with Gasteiger partial charge in [0.15, 0.2) is 0 Å². The van der Waals surface area contributed by atoms with E-state index in [0.29, 0.717) is 36.4 Å². The van der Waals surface area contributed by atoms with E-state index in [1.165, 1.54) is 10.4 Å². The lowest BCUT2D eigenvalue weighted by molar-refractivity contribution is 0.0889. The van der Waals surface area contributed by atoms with Crippen molar-refractivity contribution in [1.82, 2.24) is 14.2 Å². The Labute approximate surface area is 196 Å². The van der Waals surface area contributed by atoms with Gasteiger partial charge in [-0.05, 0) is 55.2 Å². The predicted octanol–water partition coefficient (Wildman–Crippen LogP) is 3.51. The summed E-state index contributed by atoms with van der Waals surface area (Å²) in [6.07, 6.45) is 6.33. The number of nitrogens with zero attached hydrogens (tertiary/aromatic N) is 2. The SMILES string of the molecule is CC1CCN(S(=O)(=O)c2ccc3c(c2)c(=O)c(C(=O)N[C@@H]2CCC[C@H](C)[C@H]2C)cn3C)CC1. The second-order valence-corrected chi connectivity index (χ2v) is 12.0. The fraction of sp³-hybridized carbons (Fsp3) is 0.600. The van der Waals surface area contributed by atoms with E-state index in [4.69, 9.17) is 0 Å². The molecule has 7 nitrogen and oxygen atoms in total. The molecular weight excluding hydrogens is 438 g/mol. The minimum absolute atomic E-state index is 0.0369. The average molecular weight is 474 g/mol. The van der Waals surface area contributed by atoms with Crippen molar-refractivity contribution in [3.63, 3.8) is 0 Å². The Bertz CT molecular complexity index is 1210. The first-order chi connectivity index (χ1) is 15.6. The van der Waals surface area contributed by atoms with Gasteiger partial charge < -0.3 is 9.88 Å². The number of carbonyl (C=O) groups is 1. The Hall–Kier alpha value is -2.19. The summed E-state index contributed by atoms with van der Waals surface area (Å²) < 4.78 is 29.7. The number of benzene rings is 1. The molecule has 1 aromatic heterocycles. The van der Waals surface area contributed by atoms with Crippen LogP contribution in [0.25, 0.3) is 10.9 Å². The number of fused-ring (bicyclic) bond motifs is 1. The third-order valence-corrected chi connectivity index (χ3v) is 9.70. The first-order valence-electron chi connectivity index (χ1n) is 12.0. The summed E-state index contributed by atoms with van der Waals surface area (Å²) in [6.45, 7) is 7.44. The van der Waals surface area contributed by atoms with Crippen LogP contribution in [-0.2, 0) is 17.1 Å². The molecule has 0 radical (unpaired) electrons. The van der Waals surface area contributed by atoms with Gasteiger partial charge in [0.1, 0.15) is 5.56 Å². The molecule has 3 atom stereocenters. The van der Waals surface area contributed by atoms with Gasteiger partial charge in [-0.15, -0.1) is 0 Å². The van der Waals surface area contributed by atoms with E-state index in [-0.39, 0.29) is 27.8 Å². The summed E-state index contributed by atoms with van der Waals surface area (Å²) >= 11 is 0. The molecule has 1 aliphatic carbocycles. The molecule has 1 saturated carbocycles. The molecule has 1 saturated heterocycles. The number of pyridine rings is 1. The highest BCUT2D eigenvalue weighted by molar-refractivity contribution is 7.89. The molecule has 2 aliphatic rings. The van der Waals surface area contributed by atoms with E-state index >= 15 is 0 Å². The Morgan fingerprint density at radius 1 is 1.06 bits per heavy atom. The lowest BCUT2D eigenvalue weighted by Crippen LogP contribution is -2.45. The number of nitrogens with one attached hydrogen (secondary N) is 1. The number of hydrogen-bond donors (Lipinski definition) is 1. The summed E-state index contributed by atoms with van der Waals surface area (Å²) in [7, 11) is -1.92. The Morgan fingerprint density at radius 3 is 2.45 bits per heavy atom. The van der Waals surface area contributed by atoms with Gasteiger partial charge in [-0.2, -0.15) is 4.31 Å². The standard InChI is InChI=1S/C25H35N3O4S/c1-16-10-12-28(13-11-16)33(31,32)19-8-9-23-20(14-19)24(29)21(15-27(23)4)25(30)26-22-7-5-6-17(2)18(22)3/h8-9,14-18,22H,5-7,10-13H2,1-4H3,(H,26,30)/t17-,18+,22+/m0/s1. The van der Waals surface area contributed by atoms with E-state index in [1.54, 1.807) is 29.9 Å². The van der Waals surface area contributed by atoms with E-state index in [0.717, 1.165) is 32.1 Å². The fourth-order valence-electron chi connectivity index (χ4n) is 5.20. The van der Waals surface area contributed by atoms with Crippen molar-refractivity contribution < 1.29 is 13.2 Å². The maximum atomic E-state index is 13.3. The minimum atomic E-state index is -3.69. The minimum Gasteiger partial charge on any atom is -0.350 e. The maximum Gasteiger partial charge on any atom is 0.256 e. The van der Waals surface area contributed by atoms with Crippen LogP contribution in [0.5, 0.6) is 0 Å². The highest BCUT2D eigenvalue weighted by Crippen LogP contribution is 2.30. The molecule has 0 unspecified atom stereocenters. The highest BCUT2D eigenvalue weighted by Gasteiger charge is 2.30. The van der Waals surface area contributed by atoms with Gasteiger partial charge in [0, 0.05) is 37.8 Å². The van der Waals surface area contributed by atoms with Gasteiger partial charge >= 0.3 is 0 Å². The van der Waals surface area contributed by atoms with E-state index < -0.39 is 15.5 Å². The number of piperidine rings is 1. The number of carbonyl (C=O) groups excluding carboxylic acids is 1. The molecule has 1 N–H and O–H groups in total. The molecule has 180 valence electrons. The van der Waals surface area contributed by atoms with Crippen molar-refractivity contribution in [3.8, 4) is 0 Å². The average Bonchev–Trinajstić information content (AvgIpc) is 2.79. The van der Waals surface area contributed by atoms with Crippen molar-refractivity contribution in [1.29, 1.82) is 0 Å². The molecule has 8 heteroatoms. The zero-order valence-corrected chi connectivity index (χ0v) is 20.8. The summed E-state index contributed by atoms with van der Waals surface area (Å²) in [6, 6.07) is 4.69. The van der Waals surface area contributed by atoms with Crippen LogP contribution < -0.4 is 10.7 Å². The van der Waals surface area contributed by atoms with Crippen molar-refractivity contribution >= 4 is 26.8 Å². The molecule has 1 aromatic carbocycles. The number of aromatic nitrogens is 1. The van der Waals surface area contributed by atoms with Gasteiger partial charge in [0.25, 0.3) is 5.91 Å².